The minimum atomic E-state index is -0.996. The molecule has 19 heavy (non-hydrogen) atoms. The fourth-order valence-electron chi connectivity index (χ4n) is 1.71. The Morgan fingerprint density at radius 2 is 2.26 bits per heavy atom. The van der Waals surface area contributed by atoms with Gasteiger partial charge in [0.15, 0.2) is 0 Å². The van der Waals surface area contributed by atoms with Crippen LogP contribution in [0.2, 0.25) is 0 Å². The van der Waals surface area contributed by atoms with Gasteiger partial charge in [-0.25, -0.2) is 0 Å². The van der Waals surface area contributed by atoms with E-state index in [4.69, 9.17) is 5.26 Å². The highest BCUT2D eigenvalue weighted by atomic mass is 16.2. The molecule has 1 aromatic carbocycles. The lowest BCUT2D eigenvalue weighted by atomic mass is 9.88. The Morgan fingerprint density at radius 3 is 2.95 bits per heavy atom. The summed E-state index contributed by atoms with van der Waals surface area (Å²) in [6.45, 7) is 3.47. The number of nitrogens with one attached hydrogen (secondary N) is 1. The second-order valence-corrected chi connectivity index (χ2v) is 4.66. The summed E-state index contributed by atoms with van der Waals surface area (Å²) < 4.78 is 0. The fourth-order valence-corrected chi connectivity index (χ4v) is 1.71. The van der Waals surface area contributed by atoms with Crippen molar-refractivity contribution < 1.29 is 4.79 Å². The number of rotatable bonds is 3. The Morgan fingerprint density at radius 1 is 1.47 bits per heavy atom. The molecule has 0 fully saturated rings. The van der Waals surface area contributed by atoms with Gasteiger partial charge < -0.3 is 5.32 Å². The number of carbonyl (C=O) groups excluding carboxylic acids is 1. The number of pyridine rings is 1. The number of fused-ring (bicyclic) bond motifs is 1. The van der Waals surface area contributed by atoms with Gasteiger partial charge in [0.2, 0.25) is 5.91 Å². The van der Waals surface area contributed by atoms with Crippen LogP contribution in [0.25, 0.3) is 10.9 Å². The predicted molar refractivity (Wildman–Crippen MR) is 74.4 cm³/mol. The lowest BCUT2D eigenvalue weighted by Gasteiger charge is -2.18. The molecule has 4 nitrogen and oxygen atoms in total. The average molecular weight is 253 g/mol. The van der Waals surface area contributed by atoms with Gasteiger partial charge in [0.1, 0.15) is 5.41 Å². The van der Waals surface area contributed by atoms with Gasteiger partial charge in [-0.15, -0.1) is 0 Å². The molecule has 1 aromatic heterocycles. The molecule has 1 amide bonds. The molecule has 0 saturated heterocycles. The summed E-state index contributed by atoms with van der Waals surface area (Å²) in [7, 11) is 0. The van der Waals surface area contributed by atoms with Crippen LogP contribution >= 0.6 is 0 Å². The fraction of sp³-hybridized carbons (Fsp3) is 0.267. The number of hydrogen-bond donors (Lipinski definition) is 1. The molecular formula is C15H15N3O. The summed E-state index contributed by atoms with van der Waals surface area (Å²) in [5.74, 6) is -0.277. The van der Waals surface area contributed by atoms with Crippen molar-refractivity contribution in [3.63, 3.8) is 0 Å². The molecule has 0 aliphatic rings. The molecule has 1 atom stereocenters. The van der Waals surface area contributed by atoms with Gasteiger partial charge in [-0.05, 0) is 37.6 Å². The third-order valence-electron chi connectivity index (χ3n) is 3.32. The first kappa shape index (κ1) is 13.0. The Labute approximate surface area is 112 Å². The van der Waals surface area contributed by atoms with E-state index >= 15 is 0 Å². The largest absolute Gasteiger partial charge is 0.325 e. The molecule has 96 valence electrons. The lowest BCUT2D eigenvalue weighted by Crippen LogP contribution is -2.31. The van der Waals surface area contributed by atoms with Crippen molar-refractivity contribution in [2.75, 3.05) is 5.32 Å². The maximum atomic E-state index is 12.1. The van der Waals surface area contributed by atoms with Crippen LogP contribution in [0.5, 0.6) is 0 Å². The van der Waals surface area contributed by atoms with Crippen LogP contribution in [0.3, 0.4) is 0 Å². The molecule has 0 saturated carbocycles. The maximum absolute atomic E-state index is 12.1. The second kappa shape index (κ2) is 5.07. The van der Waals surface area contributed by atoms with Crippen LogP contribution in [0.1, 0.15) is 20.3 Å². The van der Waals surface area contributed by atoms with E-state index in [1.54, 1.807) is 19.2 Å². The van der Waals surface area contributed by atoms with E-state index in [2.05, 4.69) is 16.4 Å². The quantitative estimate of drug-likeness (QED) is 0.913. The Bertz CT molecular complexity index is 660. The third-order valence-corrected chi connectivity index (χ3v) is 3.32. The first-order chi connectivity index (χ1) is 9.09. The summed E-state index contributed by atoms with van der Waals surface area (Å²) in [5, 5.41) is 12.8. The van der Waals surface area contributed by atoms with E-state index in [0.29, 0.717) is 12.1 Å². The van der Waals surface area contributed by atoms with Crippen molar-refractivity contribution in [1.29, 1.82) is 5.26 Å². The van der Waals surface area contributed by atoms with Crippen molar-refractivity contribution in [2.45, 2.75) is 20.3 Å². The molecule has 0 bridgehead atoms. The molecule has 1 unspecified atom stereocenters. The first-order valence-electron chi connectivity index (χ1n) is 6.16. The number of anilines is 1. The van der Waals surface area contributed by atoms with Crippen molar-refractivity contribution in [3.05, 3.63) is 36.5 Å². The SMILES string of the molecule is CCC(C)(C#N)C(=O)Nc1ccc2ncccc2c1. The lowest BCUT2D eigenvalue weighted by molar-refractivity contribution is -0.122. The van der Waals surface area contributed by atoms with Gasteiger partial charge in [0.05, 0.1) is 11.6 Å². The van der Waals surface area contributed by atoms with Gasteiger partial charge in [-0.3, -0.25) is 9.78 Å². The van der Waals surface area contributed by atoms with Crippen molar-refractivity contribution in [1.82, 2.24) is 4.98 Å². The standard InChI is InChI=1S/C15H15N3O/c1-3-15(2,10-16)14(19)18-12-6-7-13-11(9-12)5-4-8-17-13/h4-9H,3H2,1-2H3,(H,18,19). The van der Waals surface area contributed by atoms with E-state index in [1.807, 2.05) is 31.2 Å². The van der Waals surface area contributed by atoms with Gasteiger partial charge in [0.25, 0.3) is 0 Å². The Kier molecular flexibility index (Phi) is 3.48. The molecule has 0 aliphatic carbocycles. The van der Waals surface area contributed by atoms with E-state index in [0.717, 1.165) is 10.9 Å². The molecule has 1 heterocycles. The molecule has 2 rings (SSSR count). The first-order valence-corrected chi connectivity index (χ1v) is 6.16. The normalized spacial score (nSPS) is 13.5. The number of nitrogens with zero attached hydrogens (tertiary/aromatic N) is 2. The zero-order valence-corrected chi connectivity index (χ0v) is 11.0. The van der Waals surface area contributed by atoms with Crippen molar-refractivity contribution in [3.8, 4) is 6.07 Å². The third kappa shape index (κ3) is 2.55. The number of hydrogen-bond acceptors (Lipinski definition) is 3. The van der Waals surface area contributed by atoms with Crippen LogP contribution in [0.4, 0.5) is 5.69 Å². The highest BCUT2D eigenvalue weighted by Crippen LogP contribution is 2.23. The van der Waals surface area contributed by atoms with Crippen LogP contribution in [-0.2, 0) is 4.79 Å². The van der Waals surface area contributed by atoms with Crippen molar-refractivity contribution in [2.24, 2.45) is 5.41 Å². The molecule has 2 aromatic rings. The van der Waals surface area contributed by atoms with Gasteiger partial charge >= 0.3 is 0 Å². The summed E-state index contributed by atoms with van der Waals surface area (Å²) in [4.78, 5) is 16.3. The molecule has 0 aliphatic heterocycles. The summed E-state index contributed by atoms with van der Waals surface area (Å²) in [6, 6.07) is 11.3. The predicted octanol–water partition coefficient (Wildman–Crippen LogP) is 3.11. The minimum Gasteiger partial charge on any atom is -0.325 e. The molecule has 4 heteroatoms. The molecular weight excluding hydrogens is 238 g/mol. The number of amides is 1. The zero-order valence-electron chi connectivity index (χ0n) is 11.0. The summed E-state index contributed by atoms with van der Waals surface area (Å²) in [5.41, 5.74) is 0.559. The average Bonchev–Trinajstić information content (AvgIpc) is 2.46. The van der Waals surface area contributed by atoms with Gasteiger partial charge in [-0.2, -0.15) is 5.26 Å². The second-order valence-electron chi connectivity index (χ2n) is 4.66. The van der Waals surface area contributed by atoms with Crippen LogP contribution in [-0.4, -0.2) is 10.9 Å². The number of aromatic nitrogens is 1. The van der Waals surface area contributed by atoms with Gasteiger partial charge in [-0.1, -0.05) is 13.0 Å². The monoisotopic (exact) mass is 253 g/mol. The van der Waals surface area contributed by atoms with Crippen LogP contribution in [0, 0.1) is 16.7 Å². The Balaban J connectivity index is 2.27. The minimum absolute atomic E-state index is 0.277. The number of nitriles is 1. The summed E-state index contributed by atoms with van der Waals surface area (Å²) in [6.07, 6.45) is 2.20. The number of carbonyl (C=O) groups is 1. The maximum Gasteiger partial charge on any atom is 0.244 e. The summed E-state index contributed by atoms with van der Waals surface area (Å²) >= 11 is 0. The van der Waals surface area contributed by atoms with E-state index in [1.165, 1.54) is 0 Å². The smallest absolute Gasteiger partial charge is 0.244 e. The molecule has 1 N–H and O–H groups in total. The molecule has 0 radical (unpaired) electrons. The van der Waals surface area contributed by atoms with Crippen LogP contribution in [0.15, 0.2) is 36.5 Å². The zero-order chi connectivity index (χ0) is 13.9. The van der Waals surface area contributed by atoms with Gasteiger partial charge in [0, 0.05) is 17.3 Å². The highest BCUT2D eigenvalue weighted by Gasteiger charge is 2.31. The highest BCUT2D eigenvalue weighted by molar-refractivity contribution is 5.98. The van der Waals surface area contributed by atoms with Crippen LogP contribution < -0.4 is 5.32 Å². The topological polar surface area (TPSA) is 65.8 Å². The van der Waals surface area contributed by atoms with E-state index in [-0.39, 0.29) is 5.91 Å². The van der Waals surface area contributed by atoms with E-state index < -0.39 is 5.41 Å². The Hall–Kier alpha value is -2.41. The molecule has 0 spiro atoms. The van der Waals surface area contributed by atoms with Crippen molar-refractivity contribution >= 4 is 22.5 Å². The van der Waals surface area contributed by atoms with E-state index in [9.17, 15) is 4.79 Å². The number of benzene rings is 1.